The van der Waals surface area contributed by atoms with Gasteiger partial charge in [0.15, 0.2) is 0 Å². The Kier molecular flexibility index (Phi) is 5.91. The molecule has 1 saturated heterocycles. The van der Waals surface area contributed by atoms with Crippen LogP contribution in [0.5, 0.6) is 0 Å². The molecular formula is C22H28N2O3S. The highest BCUT2D eigenvalue weighted by molar-refractivity contribution is 7.89. The average Bonchev–Trinajstić information content (AvgIpc) is 3.17. The fraction of sp³-hybridized carbons (Fsp3) is 0.409. The maximum Gasteiger partial charge on any atom is 0.251 e. The number of rotatable bonds is 5. The highest BCUT2D eigenvalue weighted by Gasteiger charge is 2.29. The van der Waals surface area contributed by atoms with Gasteiger partial charge in [-0.05, 0) is 69.4 Å². The summed E-state index contributed by atoms with van der Waals surface area (Å²) in [6.07, 6.45) is 1.76. The van der Waals surface area contributed by atoms with Crippen LogP contribution in [-0.2, 0) is 10.0 Å². The van der Waals surface area contributed by atoms with Crippen LogP contribution in [0.1, 0.15) is 58.4 Å². The first kappa shape index (κ1) is 20.6. The molecule has 1 heterocycles. The third kappa shape index (κ3) is 4.13. The summed E-state index contributed by atoms with van der Waals surface area (Å²) < 4.78 is 27.4. The van der Waals surface area contributed by atoms with Crippen molar-refractivity contribution in [2.45, 2.75) is 51.5 Å². The monoisotopic (exact) mass is 400 g/mol. The zero-order valence-corrected chi connectivity index (χ0v) is 17.8. The first-order valence-corrected chi connectivity index (χ1v) is 11.1. The zero-order chi connectivity index (χ0) is 20.5. The number of amides is 1. The van der Waals surface area contributed by atoms with Gasteiger partial charge in [-0.2, -0.15) is 4.31 Å². The van der Waals surface area contributed by atoms with Crippen molar-refractivity contribution in [3.05, 3.63) is 64.2 Å². The van der Waals surface area contributed by atoms with Crippen molar-refractivity contribution in [2.24, 2.45) is 0 Å². The SMILES string of the molecule is Cc1ccc([C@@H](C)NC(=O)c2ccc(C)c(S(=O)(=O)N3CCCC3)c2)c(C)c1. The van der Waals surface area contributed by atoms with Crippen LogP contribution in [0.2, 0.25) is 0 Å². The zero-order valence-electron chi connectivity index (χ0n) is 17.0. The minimum Gasteiger partial charge on any atom is -0.346 e. The van der Waals surface area contributed by atoms with Gasteiger partial charge in [-0.15, -0.1) is 0 Å². The first-order valence-electron chi connectivity index (χ1n) is 9.69. The summed E-state index contributed by atoms with van der Waals surface area (Å²) in [5.41, 5.74) is 4.37. The summed E-state index contributed by atoms with van der Waals surface area (Å²) in [4.78, 5) is 13.0. The number of nitrogens with one attached hydrogen (secondary N) is 1. The second-order valence-electron chi connectivity index (χ2n) is 7.65. The van der Waals surface area contributed by atoms with Crippen LogP contribution in [-0.4, -0.2) is 31.7 Å². The van der Waals surface area contributed by atoms with Gasteiger partial charge < -0.3 is 5.32 Å². The van der Waals surface area contributed by atoms with E-state index in [2.05, 4.69) is 11.4 Å². The van der Waals surface area contributed by atoms with Crippen LogP contribution in [0, 0.1) is 20.8 Å². The van der Waals surface area contributed by atoms with Crippen LogP contribution >= 0.6 is 0 Å². The normalized spacial score (nSPS) is 16.1. The first-order chi connectivity index (χ1) is 13.2. The molecule has 6 heteroatoms. The van der Waals surface area contributed by atoms with Gasteiger partial charge in [0.1, 0.15) is 0 Å². The van der Waals surface area contributed by atoms with Gasteiger partial charge in [0, 0.05) is 18.7 Å². The molecule has 0 unspecified atom stereocenters. The molecule has 0 saturated carbocycles. The Morgan fingerprint density at radius 2 is 1.68 bits per heavy atom. The summed E-state index contributed by atoms with van der Waals surface area (Å²) in [5, 5.41) is 2.99. The van der Waals surface area contributed by atoms with Crippen molar-refractivity contribution in [1.29, 1.82) is 0 Å². The molecular weight excluding hydrogens is 372 g/mol. The Morgan fingerprint density at radius 1 is 1.00 bits per heavy atom. The summed E-state index contributed by atoms with van der Waals surface area (Å²) in [6.45, 7) is 8.85. The lowest BCUT2D eigenvalue weighted by Gasteiger charge is -2.19. The third-order valence-electron chi connectivity index (χ3n) is 5.37. The molecule has 1 N–H and O–H groups in total. The lowest BCUT2D eigenvalue weighted by atomic mass is 10.00. The van der Waals surface area contributed by atoms with Gasteiger partial charge >= 0.3 is 0 Å². The lowest BCUT2D eigenvalue weighted by Crippen LogP contribution is -2.30. The predicted molar refractivity (Wildman–Crippen MR) is 111 cm³/mol. The number of nitrogens with zero attached hydrogens (tertiary/aromatic N) is 1. The van der Waals surface area contributed by atoms with E-state index in [9.17, 15) is 13.2 Å². The molecule has 3 rings (SSSR count). The van der Waals surface area contributed by atoms with E-state index >= 15 is 0 Å². The van der Waals surface area contributed by atoms with E-state index in [4.69, 9.17) is 0 Å². The fourth-order valence-corrected chi connectivity index (χ4v) is 5.52. The van der Waals surface area contributed by atoms with E-state index in [1.165, 1.54) is 15.9 Å². The highest BCUT2D eigenvalue weighted by atomic mass is 32.2. The van der Waals surface area contributed by atoms with E-state index in [0.717, 1.165) is 24.0 Å². The molecule has 1 fully saturated rings. The lowest BCUT2D eigenvalue weighted by molar-refractivity contribution is 0.0939. The van der Waals surface area contributed by atoms with Crippen LogP contribution in [0.4, 0.5) is 0 Å². The molecule has 28 heavy (non-hydrogen) atoms. The molecule has 1 aliphatic heterocycles. The molecule has 5 nitrogen and oxygen atoms in total. The van der Waals surface area contributed by atoms with Crippen molar-refractivity contribution in [3.8, 4) is 0 Å². The standard InChI is InChI=1S/C22H28N2O3S/c1-15-7-10-20(17(3)13-15)18(4)23-22(25)19-9-8-16(2)21(14-19)28(26,27)24-11-5-6-12-24/h7-10,13-14,18H,5-6,11-12H2,1-4H3,(H,23,25)/t18-/m1/s1. The van der Waals surface area contributed by atoms with Crippen molar-refractivity contribution in [2.75, 3.05) is 13.1 Å². The molecule has 1 atom stereocenters. The number of benzene rings is 2. The molecule has 0 spiro atoms. The Balaban J connectivity index is 1.84. The molecule has 0 aromatic heterocycles. The highest BCUT2D eigenvalue weighted by Crippen LogP contribution is 2.25. The molecule has 1 aliphatic rings. The van der Waals surface area contributed by atoms with E-state index in [0.29, 0.717) is 24.2 Å². The summed E-state index contributed by atoms with van der Waals surface area (Å²) in [6, 6.07) is 10.9. The smallest absolute Gasteiger partial charge is 0.251 e. The number of hydrogen-bond donors (Lipinski definition) is 1. The molecule has 150 valence electrons. The fourth-order valence-electron chi connectivity index (χ4n) is 3.76. The van der Waals surface area contributed by atoms with E-state index in [1.54, 1.807) is 19.1 Å². The Morgan fingerprint density at radius 3 is 2.32 bits per heavy atom. The van der Waals surface area contributed by atoms with Gasteiger partial charge in [-0.3, -0.25) is 4.79 Å². The largest absolute Gasteiger partial charge is 0.346 e. The Labute approximate surface area is 167 Å². The summed E-state index contributed by atoms with van der Waals surface area (Å²) in [5.74, 6) is -0.273. The topological polar surface area (TPSA) is 66.5 Å². The van der Waals surface area contributed by atoms with E-state index in [1.807, 2.05) is 32.9 Å². The Hall–Kier alpha value is -2.18. The predicted octanol–water partition coefficient (Wildman–Crippen LogP) is 3.89. The van der Waals surface area contributed by atoms with Gasteiger partial charge in [0.05, 0.1) is 10.9 Å². The van der Waals surface area contributed by atoms with E-state index < -0.39 is 10.0 Å². The van der Waals surface area contributed by atoms with Crippen LogP contribution in [0.3, 0.4) is 0 Å². The maximum atomic E-state index is 12.9. The third-order valence-corrected chi connectivity index (χ3v) is 7.41. The number of hydrogen-bond acceptors (Lipinski definition) is 3. The number of sulfonamides is 1. The second-order valence-corrected chi connectivity index (χ2v) is 9.55. The summed E-state index contributed by atoms with van der Waals surface area (Å²) in [7, 11) is -3.56. The van der Waals surface area contributed by atoms with Crippen LogP contribution < -0.4 is 5.32 Å². The molecule has 2 aromatic carbocycles. The Bertz CT molecular complexity index is 993. The second kappa shape index (κ2) is 8.05. The van der Waals surface area contributed by atoms with Gasteiger partial charge in [-0.25, -0.2) is 8.42 Å². The van der Waals surface area contributed by atoms with Crippen LogP contribution in [0.15, 0.2) is 41.3 Å². The van der Waals surface area contributed by atoms with Crippen molar-refractivity contribution in [1.82, 2.24) is 9.62 Å². The van der Waals surface area contributed by atoms with Gasteiger partial charge in [-0.1, -0.05) is 29.8 Å². The van der Waals surface area contributed by atoms with Crippen molar-refractivity contribution < 1.29 is 13.2 Å². The molecule has 0 aliphatic carbocycles. The number of carbonyl (C=O) groups is 1. The van der Waals surface area contributed by atoms with E-state index in [-0.39, 0.29) is 16.8 Å². The van der Waals surface area contributed by atoms with Crippen molar-refractivity contribution >= 4 is 15.9 Å². The summed E-state index contributed by atoms with van der Waals surface area (Å²) >= 11 is 0. The van der Waals surface area contributed by atoms with Gasteiger partial charge in [0.2, 0.25) is 10.0 Å². The molecule has 1 amide bonds. The minimum atomic E-state index is -3.56. The average molecular weight is 401 g/mol. The van der Waals surface area contributed by atoms with Crippen LogP contribution in [0.25, 0.3) is 0 Å². The minimum absolute atomic E-state index is 0.173. The molecule has 2 aromatic rings. The molecule has 0 bridgehead atoms. The number of carbonyl (C=O) groups excluding carboxylic acids is 1. The van der Waals surface area contributed by atoms with Crippen molar-refractivity contribution in [3.63, 3.8) is 0 Å². The quantitative estimate of drug-likeness (QED) is 0.828. The maximum absolute atomic E-state index is 12.9. The molecule has 0 radical (unpaired) electrons. The van der Waals surface area contributed by atoms with Gasteiger partial charge in [0.25, 0.3) is 5.91 Å². The number of aryl methyl sites for hydroxylation is 3.